The Labute approximate surface area is 138 Å². The first-order chi connectivity index (χ1) is 9.10. The molecule has 2 unspecified atom stereocenters. The normalized spacial score (nSPS) is 21.6. The maximum Gasteiger partial charge on any atom is 0.191 e. The van der Waals surface area contributed by atoms with Gasteiger partial charge in [-0.05, 0) is 18.3 Å². The number of rotatable bonds is 5. The maximum absolute atomic E-state index is 4.40. The van der Waals surface area contributed by atoms with Gasteiger partial charge in [-0.25, -0.2) is 4.98 Å². The summed E-state index contributed by atoms with van der Waals surface area (Å²) >= 11 is 0. The van der Waals surface area contributed by atoms with Gasteiger partial charge in [-0.2, -0.15) is 0 Å². The molecule has 0 bridgehead atoms. The van der Waals surface area contributed by atoms with Gasteiger partial charge in [-0.15, -0.1) is 24.0 Å². The minimum absolute atomic E-state index is 0. The highest BCUT2D eigenvalue weighted by molar-refractivity contribution is 14.0. The second-order valence-corrected chi connectivity index (χ2v) is 5.78. The van der Waals surface area contributed by atoms with Crippen LogP contribution in [-0.2, 0) is 13.1 Å². The molecule has 2 atom stereocenters. The molecule has 0 aliphatic heterocycles. The van der Waals surface area contributed by atoms with Gasteiger partial charge < -0.3 is 15.2 Å². The van der Waals surface area contributed by atoms with Gasteiger partial charge in [0.15, 0.2) is 5.96 Å². The summed E-state index contributed by atoms with van der Waals surface area (Å²) in [4.78, 5) is 8.65. The highest BCUT2D eigenvalue weighted by Crippen LogP contribution is 2.28. The van der Waals surface area contributed by atoms with Crippen LogP contribution in [0.5, 0.6) is 0 Å². The van der Waals surface area contributed by atoms with Crippen molar-refractivity contribution in [1.82, 2.24) is 20.2 Å². The fourth-order valence-corrected chi connectivity index (χ4v) is 2.12. The standard InChI is InChI=1S/C14H25N5.HI/c1-10(2)9-19-6-5-16-13(19)8-17-14(15-4)18-12-7-11(12)3;/h5-6,10-12H,7-9H2,1-4H3,(H2,15,17,18);1H. The third-order valence-electron chi connectivity index (χ3n) is 3.43. The van der Waals surface area contributed by atoms with Gasteiger partial charge in [0.1, 0.15) is 5.82 Å². The molecule has 1 aromatic rings. The molecule has 1 heterocycles. The highest BCUT2D eigenvalue weighted by Gasteiger charge is 2.33. The van der Waals surface area contributed by atoms with Gasteiger partial charge in [-0.1, -0.05) is 20.8 Å². The molecule has 20 heavy (non-hydrogen) atoms. The van der Waals surface area contributed by atoms with E-state index in [0.29, 0.717) is 18.5 Å². The van der Waals surface area contributed by atoms with Crippen molar-refractivity contribution in [2.24, 2.45) is 16.8 Å². The summed E-state index contributed by atoms with van der Waals surface area (Å²) in [5.41, 5.74) is 0. The van der Waals surface area contributed by atoms with E-state index >= 15 is 0 Å². The summed E-state index contributed by atoms with van der Waals surface area (Å²) in [6, 6.07) is 0.585. The summed E-state index contributed by atoms with van der Waals surface area (Å²) < 4.78 is 2.20. The van der Waals surface area contributed by atoms with Crippen LogP contribution in [-0.4, -0.2) is 28.6 Å². The van der Waals surface area contributed by atoms with Crippen molar-refractivity contribution in [2.75, 3.05) is 7.05 Å². The van der Waals surface area contributed by atoms with E-state index in [1.165, 1.54) is 6.42 Å². The van der Waals surface area contributed by atoms with E-state index in [1.54, 1.807) is 0 Å². The van der Waals surface area contributed by atoms with Crippen molar-refractivity contribution in [3.05, 3.63) is 18.2 Å². The fourth-order valence-electron chi connectivity index (χ4n) is 2.12. The molecule has 5 nitrogen and oxygen atoms in total. The summed E-state index contributed by atoms with van der Waals surface area (Å²) in [5, 5.41) is 6.75. The molecule has 0 saturated heterocycles. The second kappa shape index (κ2) is 7.85. The molecule has 2 rings (SSSR count). The van der Waals surface area contributed by atoms with E-state index < -0.39 is 0 Å². The van der Waals surface area contributed by atoms with E-state index in [0.717, 1.165) is 24.2 Å². The average molecular weight is 391 g/mol. The van der Waals surface area contributed by atoms with E-state index in [2.05, 4.69) is 45.9 Å². The predicted octanol–water partition coefficient (Wildman–Crippen LogP) is 2.23. The Morgan fingerprint density at radius 3 is 2.80 bits per heavy atom. The zero-order chi connectivity index (χ0) is 13.8. The van der Waals surface area contributed by atoms with Crippen molar-refractivity contribution in [1.29, 1.82) is 0 Å². The lowest BCUT2D eigenvalue weighted by molar-refractivity contribution is 0.503. The van der Waals surface area contributed by atoms with Crippen molar-refractivity contribution in [2.45, 2.75) is 46.3 Å². The minimum Gasteiger partial charge on any atom is -0.353 e. The molecular formula is C14H26IN5. The van der Waals surface area contributed by atoms with E-state index in [-0.39, 0.29) is 24.0 Å². The molecule has 1 fully saturated rings. The molecule has 1 aromatic heterocycles. The van der Waals surface area contributed by atoms with Crippen LogP contribution >= 0.6 is 24.0 Å². The van der Waals surface area contributed by atoms with Gasteiger partial charge in [-0.3, -0.25) is 4.99 Å². The van der Waals surface area contributed by atoms with Gasteiger partial charge in [0.2, 0.25) is 0 Å². The highest BCUT2D eigenvalue weighted by atomic mass is 127. The smallest absolute Gasteiger partial charge is 0.191 e. The third kappa shape index (κ3) is 4.96. The van der Waals surface area contributed by atoms with Gasteiger partial charge >= 0.3 is 0 Å². The van der Waals surface area contributed by atoms with Crippen LogP contribution in [0.15, 0.2) is 17.4 Å². The number of hydrogen-bond donors (Lipinski definition) is 2. The summed E-state index contributed by atoms with van der Waals surface area (Å²) in [6.07, 6.45) is 5.14. The van der Waals surface area contributed by atoms with Crippen LogP contribution in [0, 0.1) is 11.8 Å². The number of guanidine groups is 1. The lowest BCUT2D eigenvalue weighted by atomic mass is 10.2. The molecule has 2 N–H and O–H groups in total. The van der Waals surface area contributed by atoms with E-state index in [9.17, 15) is 0 Å². The number of nitrogens with zero attached hydrogens (tertiary/aromatic N) is 3. The van der Waals surface area contributed by atoms with Crippen LogP contribution in [0.1, 0.15) is 33.0 Å². The Balaban J connectivity index is 0.00000200. The summed E-state index contributed by atoms with van der Waals surface area (Å²) in [5.74, 6) is 3.31. The second-order valence-electron chi connectivity index (χ2n) is 5.78. The Morgan fingerprint density at radius 1 is 1.55 bits per heavy atom. The summed E-state index contributed by atoms with van der Waals surface area (Å²) in [7, 11) is 1.81. The van der Waals surface area contributed by atoms with Crippen molar-refractivity contribution in [3.63, 3.8) is 0 Å². The lowest BCUT2D eigenvalue weighted by Crippen LogP contribution is -2.39. The van der Waals surface area contributed by atoms with E-state index in [1.807, 2.05) is 19.4 Å². The first-order valence-corrected chi connectivity index (χ1v) is 7.07. The molecule has 0 aromatic carbocycles. The largest absolute Gasteiger partial charge is 0.353 e. The summed E-state index contributed by atoms with van der Waals surface area (Å²) in [6.45, 7) is 8.39. The molecule has 0 spiro atoms. The lowest BCUT2D eigenvalue weighted by Gasteiger charge is -2.13. The molecule has 1 saturated carbocycles. The van der Waals surface area contributed by atoms with Crippen LogP contribution in [0.25, 0.3) is 0 Å². The zero-order valence-corrected chi connectivity index (χ0v) is 15.1. The Hall–Kier alpha value is -0.790. The van der Waals surface area contributed by atoms with Crippen molar-refractivity contribution < 1.29 is 0 Å². The number of imidazole rings is 1. The number of hydrogen-bond acceptors (Lipinski definition) is 2. The SMILES string of the molecule is CN=C(NCc1nccn1CC(C)C)NC1CC1C.I. The van der Waals surface area contributed by atoms with E-state index in [4.69, 9.17) is 0 Å². The number of halogens is 1. The molecule has 0 radical (unpaired) electrons. The Bertz CT molecular complexity index is 441. The van der Waals surface area contributed by atoms with Gasteiger partial charge in [0.05, 0.1) is 6.54 Å². The van der Waals surface area contributed by atoms with Gasteiger partial charge in [0, 0.05) is 32.0 Å². The fraction of sp³-hybridized carbons (Fsp3) is 0.714. The first-order valence-electron chi connectivity index (χ1n) is 7.07. The molecule has 1 aliphatic carbocycles. The van der Waals surface area contributed by atoms with Crippen LogP contribution in [0.4, 0.5) is 0 Å². The topological polar surface area (TPSA) is 54.2 Å². The average Bonchev–Trinajstić information content (AvgIpc) is 2.86. The number of aliphatic imine (C=N–C) groups is 1. The Kier molecular flexibility index (Phi) is 6.78. The molecular weight excluding hydrogens is 365 g/mol. The van der Waals surface area contributed by atoms with Crippen LogP contribution < -0.4 is 10.6 Å². The maximum atomic E-state index is 4.40. The third-order valence-corrected chi connectivity index (χ3v) is 3.43. The van der Waals surface area contributed by atoms with Crippen LogP contribution in [0.3, 0.4) is 0 Å². The first kappa shape index (κ1) is 17.3. The number of nitrogens with one attached hydrogen (secondary N) is 2. The molecule has 114 valence electrons. The molecule has 0 amide bonds. The van der Waals surface area contributed by atoms with Crippen molar-refractivity contribution in [3.8, 4) is 0 Å². The van der Waals surface area contributed by atoms with Crippen molar-refractivity contribution >= 4 is 29.9 Å². The molecule has 6 heteroatoms. The number of aromatic nitrogens is 2. The van der Waals surface area contributed by atoms with Gasteiger partial charge in [0.25, 0.3) is 0 Å². The predicted molar refractivity (Wildman–Crippen MR) is 93.4 cm³/mol. The van der Waals surface area contributed by atoms with Crippen LogP contribution in [0.2, 0.25) is 0 Å². The zero-order valence-electron chi connectivity index (χ0n) is 12.8. The Morgan fingerprint density at radius 2 is 2.25 bits per heavy atom. The monoisotopic (exact) mass is 391 g/mol. The molecule has 1 aliphatic rings. The quantitative estimate of drug-likeness (QED) is 0.460. The minimum atomic E-state index is 0.